The molecule has 16 heteroatoms. The number of carbonyl (C=O) groups excluding carboxylic acids is 2. The Morgan fingerprint density at radius 2 is 1.77 bits per heavy atom. The van der Waals surface area contributed by atoms with Crippen molar-refractivity contribution >= 4 is 45.1 Å². The van der Waals surface area contributed by atoms with Gasteiger partial charge in [0.15, 0.2) is 23.9 Å². The molecule has 1 saturated heterocycles. The summed E-state index contributed by atoms with van der Waals surface area (Å²) in [4.78, 5) is 27.2. The number of pyridine rings is 1. The SMILES string of the molecule is CN(C)C(=O)c1cccc(S(=O)(=O)N2CC[C@H]2C(=O)O[C@@H](Cc2c(Cl)c[n+]([O-])cc2Cl)c2ccc(OC(F)F)c(OCC3CC3)c2)c1. The minimum atomic E-state index is -4.21. The quantitative estimate of drug-likeness (QED) is 0.137. The van der Waals surface area contributed by atoms with E-state index >= 15 is 0 Å². The molecule has 3 aromatic rings. The predicted octanol–water partition coefficient (Wildman–Crippen LogP) is 5.01. The Labute approximate surface area is 280 Å². The average molecular weight is 715 g/mol. The van der Waals surface area contributed by atoms with E-state index in [1.807, 2.05) is 0 Å². The number of amides is 1. The van der Waals surface area contributed by atoms with Gasteiger partial charge in [0.2, 0.25) is 10.0 Å². The minimum absolute atomic E-state index is 0.00148. The number of esters is 1. The molecule has 2 fully saturated rings. The standard InChI is InChI=1S/C31H31Cl2F2N3O8S/c1-36(2)29(39)20-4-3-5-21(12-20)47(42,43)38-11-10-25(38)30(40)45-27(14-22-23(32)15-37(41)16-24(22)33)19-8-9-26(46-31(34)35)28(13-19)44-17-18-6-7-18/h3-5,8-9,12-13,15-16,18,25,27,31H,6-7,10-11,14,17H2,1-2H3/t25-,27-/m0/s1. The Bertz CT molecular complexity index is 1750. The van der Waals surface area contributed by atoms with Crippen LogP contribution in [-0.4, -0.2) is 69.4 Å². The van der Waals surface area contributed by atoms with Crippen molar-refractivity contribution in [1.82, 2.24) is 9.21 Å². The van der Waals surface area contributed by atoms with Crippen LogP contribution in [0.5, 0.6) is 11.5 Å². The second kappa shape index (κ2) is 14.2. The van der Waals surface area contributed by atoms with Crippen molar-refractivity contribution in [1.29, 1.82) is 0 Å². The highest BCUT2D eigenvalue weighted by Gasteiger charge is 2.45. The predicted molar refractivity (Wildman–Crippen MR) is 166 cm³/mol. The maximum atomic E-state index is 13.6. The van der Waals surface area contributed by atoms with Crippen LogP contribution in [0.2, 0.25) is 10.0 Å². The molecule has 0 radical (unpaired) electrons. The van der Waals surface area contributed by atoms with E-state index in [1.165, 1.54) is 61.5 Å². The highest BCUT2D eigenvalue weighted by atomic mass is 35.5. The Hall–Kier alpha value is -3.72. The lowest BCUT2D eigenvalue weighted by atomic mass is 10.0. The summed E-state index contributed by atoms with van der Waals surface area (Å²) in [6.07, 6.45) is 2.84. The third kappa shape index (κ3) is 8.06. The number of hydrogen-bond donors (Lipinski definition) is 0. The molecule has 47 heavy (non-hydrogen) atoms. The van der Waals surface area contributed by atoms with E-state index < -0.39 is 40.7 Å². The number of nitrogens with zero attached hydrogens (tertiary/aromatic N) is 3. The molecule has 0 unspecified atom stereocenters. The number of carbonyl (C=O) groups is 2. The van der Waals surface area contributed by atoms with E-state index in [4.69, 9.17) is 32.7 Å². The van der Waals surface area contributed by atoms with Crippen molar-refractivity contribution in [3.05, 3.63) is 86.8 Å². The fourth-order valence-corrected chi connectivity index (χ4v) is 7.22. The van der Waals surface area contributed by atoms with Gasteiger partial charge in [-0.2, -0.15) is 17.8 Å². The molecule has 1 aliphatic carbocycles. The first kappa shape index (κ1) is 34.6. The number of halogens is 4. The van der Waals surface area contributed by atoms with Gasteiger partial charge >= 0.3 is 12.6 Å². The third-order valence-electron chi connectivity index (χ3n) is 7.77. The first-order valence-corrected chi connectivity index (χ1v) is 16.8. The first-order valence-electron chi connectivity index (χ1n) is 14.6. The van der Waals surface area contributed by atoms with E-state index in [1.54, 1.807) is 0 Å². The largest absolute Gasteiger partial charge is 0.619 e. The summed E-state index contributed by atoms with van der Waals surface area (Å²) >= 11 is 12.7. The molecular formula is C31H31Cl2F2N3O8S. The van der Waals surface area contributed by atoms with Gasteiger partial charge in [-0.05, 0) is 61.1 Å². The van der Waals surface area contributed by atoms with Crippen LogP contribution >= 0.6 is 23.2 Å². The Kier molecular flexibility index (Phi) is 10.4. The summed E-state index contributed by atoms with van der Waals surface area (Å²) in [5.41, 5.74) is 0.707. The molecule has 1 amide bonds. The van der Waals surface area contributed by atoms with Crippen molar-refractivity contribution < 1.29 is 45.7 Å². The van der Waals surface area contributed by atoms with E-state index in [9.17, 15) is 32.0 Å². The maximum absolute atomic E-state index is 13.6. The van der Waals surface area contributed by atoms with Crippen molar-refractivity contribution in [3.63, 3.8) is 0 Å². The van der Waals surface area contributed by atoms with Gasteiger partial charge in [0.05, 0.1) is 11.5 Å². The van der Waals surface area contributed by atoms with E-state index in [2.05, 4.69) is 4.74 Å². The van der Waals surface area contributed by atoms with E-state index in [-0.39, 0.29) is 69.5 Å². The van der Waals surface area contributed by atoms with Gasteiger partial charge < -0.3 is 24.3 Å². The van der Waals surface area contributed by atoms with Crippen LogP contribution in [0.1, 0.15) is 46.9 Å². The number of hydrogen-bond acceptors (Lipinski definition) is 8. The second-order valence-corrected chi connectivity index (χ2v) is 14.1. The minimum Gasteiger partial charge on any atom is -0.619 e. The molecule has 0 N–H and O–H groups in total. The molecule has 11 nitrogen and oxygen atoms in total. The fraction of sp³-hybridized carbons (Fsp3) is 0.387. The van der Waals surface area contributed by atoms with Gasteiger partial charge in [-0.3, -0.25) is 9.59 Å². The molecule has 5 rings (SSSR count). The summed E-state index contributed by atoms with van der Waals surface area (Å²) in [6, 6.07) is 8.37. The van der Waals surface area contributed by atoms with Crippen LogP contribution < -0.4 is 14.2 Å². The van der Waals surface area contributed by atoms with Crippen LogP contribution in [0.4, 0.5) is 8.78 Å². The van der Waals surface area contributed by atoms with Gasteiger partial charge in [0.25, 0.3) is 5.91 Å². The summed E-state index contributed by atoms with van der Waals surface area (Å²) in [6.45, 7) is -2.83. The van der Waals surface area contributed by atoms with Crippen molar-refractivity contribution in [3.8, 4) is 11.5 Å². The normalized spacial score (nSPS) is 17.1. The lowest BCUT2D eigenvalue weighted by Gasteiger charge is -2.38. The molecule has 0 spiro atoms. The van der Waals surface area contributed by atoms with Gasteiger partial charge in [0.1, 0.15) is 22.2 Å². The van der Waals surface area contributed by atoms with Gasteiger partial charge in [0, 0.05) is 38.2 Å². The van der Waals surface area contributed by atoms with Crippen LogP contribution in [0.3, 0.4) is 0 Å². The van der Waals surface area contributed by atoms with E-state index in [0.717, 1.165) is 29.5 Å². The smallest absolute Gasteiger partial charge is 0.387 e. The summed E-state index contributed by atoms with van der Waals surface area (Å²) in [5, 5.41) is 11.8. The molecular weight excluding hydrogens is 683 g/mol. The van der Waals surface area contributed by atoms with Crippen LogP contribution in [0, 0.1) is 11.1 Å². The molecule has 2 aromatic carbocycles. The van der Waals surface area contributed by atoms with Crippen LogP contribution in [-0.2, 0) is 26.0 Å². The molecule has 252 valence electrons. The Morgan fingerprint density at radius 1 is 1.06 bits per heavy atom. The number of rotatable bonds is 13. The van der Waals surface area contributed by atoms with Crippen molar-refractivity contribution in [2.45, 2.75) is 49.3 Å². The highest BCUT2D eigenvalue weighted by molar-refractivity contribution is 7.89. The number of alkyl halides is 2. The van der Waals surface area contributed by atoms with E-state index in [0.29, 0.717) is 10.3 Å². The number of aromatic nitrogens is 1. The topological polar surface area (TPSA) is 129 Å². The van der Waals surface area contributed by atoms with Gasteiger partial charge in [-0.1, -0.05) is 35.3 Å². The summed E-state index contributed by atoms with van der Waals surface area (Å²) in [5.74, 6) is -1.22. The lowest BCUT2D eigenvalue weighted by Crippen LogP contribution is -2.55. The van der Waals surface area contributed by atoms with Crippen molar-refractivity contribution in [2.24, 2.45) is 5.92 Å². The summed E-state index contributed by atoms with van der Waals surface area (Å²) < 4.78 is 71.2. The maximum Gasteiger partial charge on any atom is 0.387 e. The van der Waals surface area contributed by atoms with Crippen LogP contribution in [0.15, 0.2) is 59.8 Å². The highest BCUT2D eigenvalue weighted by Crippen LogP contribution is 2.39. The lowest BCUT2D eigenvalue weighted by molar-refractivity contribution is -0.605. The van der Waals surface area contributed by atoms with Gasteiger partial charge in [-0.15, -0.1) is 0 Å². The number of benzene rings is 2. The third-order valence-corrected chi connectivity index (χ3v) is 10.3. The zero-order valence-corrected chi connectivity index (χ0v) is 27.6. The Balaban J connectivity index is 1.44. The number of ether oxygens (including phenoxy) is 3. The molecule has 1 aromatic heterocycles. The van der Waals surface area contributed by atoms with Crippen LogP contribution in [0.25, 0.3) is 0 Å². The molecule has 2 aliphatic rings. The fourth-order valence-electron chi connectivity index (χ4n) is 4.95. The average Bonchev–Trinajstić information content (AvgIpc) is 3.81. The molecule has 1 aliphatic heterocycles. The summed E-state index contributed by atoms with van der Waals surface area (Å²) in [7, 11) is -1.14. The molecule has 0 bridgehead atoms. The van der Waals surface area contributed by atoms with Crippen molar-refractivity contribution in [2.75, 3.05) is 27.2 Å². The molecule has 2 atom stereocenters. The Morgan fingerprint density at radius 3 is 2.36 bits per heavy atom. The zero-order valence-electron chi connectivity index (χ0n) is 25.3. The molecule has 2 heterocycles. The van der Waals surface area contributed by atoms with Gasteiger partial charge in [-0.25, -0.2) is 8.42 Å². The number of sulfonamides is 1. The second-order valence-electron chi connectivity index (χ2n) is 11.4. The first-order chi connectivity index (χ1) is 22.2. The monoisotopic (exact) mass is 713 g/mol. The molecule has 1 saturated carbocycles. The zero-order chi connectivity index (χ0) is 34.0.